The zero-order chi connectivity index (χ0) is 14.8. The molecule has 0 bridgehead atoms. The van der Waals surface area contributed by atoms with Crippen molar-refractivity contribution in [1.82, 2.24) is 19.7 Å². The number of hydrogen-bond donors (Lipinski definition) is 2. The number of anilines is 1. The van der Waals surface area contributed by atoms with Gasteiger partial charge in [-0.25, -0.2) is 10.8 Å². The SMILES string of the molecule is CCCn1cc(Oc2nc(C3CC3)nc(NN)c2C)cn1. The molecule has 0 saturated heterocycles. The van der Waals surface area contributed by atoms with Crippen LogP contribution >= 0.6 is 0 Å². The van der Waals surface area contributed by atoms with Crippen molar-refractivity contribution in [1.29, 1.82) is 0 Å². The molecule has 1 aliphatic carbocycles. The van der Waals surface area contributed by atoms with Crippen molar-refractivity contribution >= 4 is 5.82 Å². The number of nitrogen functional groups attached to an aromatic ring is 1. The molecule has 0 atom stereocenters. The topological polar surface area (TPSA) is 90.9 Å². The summed E-state index contributed by atoms with van der Waals surface area (Å²) in [6, 6.07) is 0. The summed E-state index contributed by atoms with van der Waals surface area (Å²) in [7, 11) is 0. The van der Waals surface area contributed by atoms with Crippen LogP contribution in [0.25, 0.3) is 0 Å². The van der Waals surface area contributed by atoms with Gasteiger partial charge in [0.25, 0.3) is 0 Å². The summed E-state index contributed by atoms with van der Waals surface area (Å²) < 4.78 is 7.72. The van der Waals surface area contributed by atoms with Gasteiger partial charge in [0.15, 0.2) is 11.6 Å². The smallest absolute Gasteiger partial charge is 0.227 e. The van der Waals surface area contributed by atoms with Crippen molar-refractivity contribution in [2.24, 2.45) is 5.84 Å². The predicted molar refractivity (Wildman–Crippen MR) is 79.1 cm³/mol. The van der Waals surface area contributed by atoms with E-state index in [0.717, 1.165) is 37.2 Å². The lowest BCUT2D eigenvalue weighted by atomic mass is 10.3. The molecule has 1 aliphatic rings. The number of aryl methyl sites for hydroxylation is 1. The van der Waals surface area contributed by atoms with Crippen LogP contribution in [0.4, 0.5) is 5.82 Å². The highest BCUT2D eigenvalue weighted by Gasteiger charge is 2.28. The van der Waals surface area contributed by atoms with Gasteiger partial charge >= 0.3 is 0 Å². The minimum atomic E-state index is 0.433. The lowest BCUT2D eigenvalue weighted by molar-refractivity contribution is 0.453. The summed E-state index contributed by atoms with van der Waals surface area (Å²) in [5.41, 5.74) is 3.41. The van der Waals surface area contributed by atoms with Crippen LogP contribution in [-0.4, -0.2) is 19.7 Å². The van der Waals surface area contributed by atoms with Crippen LogP contribution in [0.2, 0.25) is 0 Å². The second-order valence-electron chi connectivity index (χ2n) is 5.32. The summed E-state index contributed by atoms with van der Waals surface area (Å²) in [5.74, 6) is 8.59. The molecular formula is C14H20N6O. The van der Waals surface area contributed by atoms with E-state index in [9.17, 15) is 0 Å². The van der Waals surface area contributed by atoms with E-state index in [4.69, 9.17) is 10.6 Å². The first-order valence-electron chi connectivity index (χ1n) is 7.26. The standard InChI is InChI=1S/C14H20N6O/c1-3-6-20-8-11(7-16-20)21-14-9(2)12(19-15)17-13(18-14)10-4-5-10/h7-8,10H,3-6,15H2,1-2H3,(H,17,18,19). The summed E-state index contributed by atoms with van der Waals surface area (Å²) in [4.78, 5) is 8.97. The third-order valence-electron chi connectivity index (χ3n) is 3.47. The van der Waals surface area contributed by atoms with Crippen LogP contribution in [-0.2, 0) is 6.54 Å². The Morgan fingerprint density at radius 2 is 2.24 bits per heavy atom. The quantitative estimate of drug-likeness (QED) is 0.626. The average molecular weight is 288 g/mol. The van der Waals surface area contributed by atoms with Crippen molar-refractivity contribution < 1.29 is 4.74 Å². The Hall–Kier alpha value is -2.15. The maximum absolute atomic E-state index is 5.87. The first-order valence-corrected chi connectivity index (χ1v) is 7.26. The van der Waals surface area contributed by atoms with E-state index in [1.165, 1.54) is 0 Å². The second-order valence-corrected chi connectivity index (χ2v) is 5.32. The van der Waals surface area contributed by atoms with E-state index in [1.807, 2.05) is 17.8 Å². The molecule has 1 fully saturated rings. The lowest BCUT2D eigenvalue weighted by Gasteiger charge is -2.11. The van der Waals surface area contributed by atoms with Crippen LogP contribution in [0, 0.1) is 6.92 Å². The summed E-state index contributed by atoms with van der Waals surface area (Å²) >= 11 is 0. The van der Waals surface area contributed by atoms with Gasteiger partial charge in [-0.1, -0.05) is 6.92 Å². The fourth-order valence-corrected chi connectivity index (χ4v) is 2.14. The Labute approximate surface area is 123 Å². The number of rotatable bonds is 6. The number of ether oxygens (including phenoxy) is 1. The van der Waals surface area contributed by atoms with E-state index >= 15 is 0 Å². The number of hydrogen-bond acceptors (Lipinski definition) is 6. The largest absolute Gasteiger partial charge is 0.435 e. The van der Waals surface area contributed by atoms with E-state index < -0.39 is 0 Å². The van der Waals surface area contributed by atoms with Gasteiger partial charge in [0, 0.05) is 12.5 Å². The van der Waals surface area contributed by atoms with E-state index in [2.05, 4.69) is 27.4 Å². The highest BCUT2D eigenvalue weighted by atomic mass is 16.5. The Morgan fingerprint density at radius 1 is 1.43 bits per heavy atom. The molecule has 21 heavy (non-hydrogen) atoms. The van der Waals surface area contributed by atoms with Gasteiger partial charge in [-0.2, -0.15) is 10.1 Å². The molecule has 0 amide bonds. The van der Waals surface area contributed by atoms with Crippen LogP contribution < -0.4 is 16.0 Å². The molecule has 0 unspecified atom stereocenters. The molecule has 3 rings (SSSR count). The highest BCUT2D eigenvalue weighted by Crippen LogP contribution is 2.40. The van der Waals surface area contributed by atoms with E-state index in [-0.39, 0.29) is 0 Å². The number of aromatic nitrogens is 4. The predicted octanol–water partition coefficient (Wildman–Crippen LogP) is 2.35. The molecule has 2 aromatic rings. The maximum Gasteiger partial charge on any atom is 0.227 e. The molecule has 2 heterocycles. The first-order chi connectivity index (χ1) is 10.2. The summed E-state index contributed by atoms with van der Waals surface area (Å²) in [6.45, 7) is 4.87. The first kappa shape index (κ1) is 13.8. The second kappa shape index (κ2) is 5.69. The minimum absolute atomic E-state index is 0.433. The molecule has 0 aromatic carbocycles. The normalized spacial score (nSPS) is 14.2. The van der Waals surface area contributed by atoms with Gasteiger partial charge in [0.1, 0.15) is 5.82 Å². The molecule has 1 saturated carbocycles. The van der Waals surface area contributed by atoms with Crippen molar-refractivity contribution in [3.05, 3.63) is 23.8 Å². The fourth-order valence-electron chi connectivity index (χ4n) is 2.14. The maximum atomic E-state index is 5.87. The number of hydrazine groups is 1. The third-order valence-corrected chi connectivity index (χ3v) is 3.47. The molecule has 0 spiro atoms. The summed E-state index contributed by atoms with van der Waals surface area (Å²) in [6.07, 6.45) is 6.85. The molecule has 7 heteroatoms. The molecule has 0 aliphatic heterocycles. The van der Waals surface area contributed by atoms with Gasteiger partial charge in [0.2, 0.25) is 5.88 Å². The van der Waals surface area contributed by atoms with Gasteiger partial charge in [-0.15, -0.1) is 0 Å². The zero-order valence-electron chi connectivity index (χ0n) is 12.3. The third kappa shape index (κ3) is 2.97. The van der Waals surface area contributed by atoms with Crippen molar-refractivity contribution in [3.63, 3.8) is 0 Å². The Morgan fingerprint density at radius 3 is 2.90 bits per heavy atom. The number of nitrogens with zero attached hydrogens (tertiary/aromatic N) is 4. The van der Waals surface area contributed by atoms with Gasteiger partial charge in [-0.05, 0) is 26.2 Å². The van der Waals surface area contributed by atoms with Gasteiger partial charge in [-0.3, -0.25) is 4.68 Å². The Bertz CT molecular complexity index is 634. The van der Waals surface area contributed by atoms with Crippen molar-refractivity contribution in [3.8, 4) is 11.6 Å². The summed E-state index contributed by atoms with van der Waals surface area (Å²) in [5, 5.41) is 4.25. The number of nitrogens with two attached hydrogens (primary N) is 1. The average Bonchev–Trinajstić information content (AvgIpc) is 3.24. The monoisotopic (exact) mass is 288 g/mol. The highest BCUT2D eigenvalue weighted by molar-refractivity contribution is 5.49. The molecule has 2 aromatic heterocycles. The molecule has 7 nitrogen and oxygen atoms in total. The van der Waals surface area contributed by atoms with Crippen LogP contribution in [0.3, 0.4) is 0 Å². The number of nitrogens with one attached hydrogen (secondary N) is 1. The lowest BCUT2D eigenvalue weighted by Crippen LogP contribution is -2.13. The van der Waals surface area contributed by atoms with Gasteiger partial charge in [0.05, 0.1) is 18.0 Å². The van der Waals surface area contributed by atoms with Crippen LogP contribution in [0.15, 0.2) is 12.4 Å². The molecular weight excluding hydrogens is 268 g/mol. The Balaban J connectivity index is 1.87. The minimum Gasteiger partial charge on any atom is -0.435 e. The molecule has 3 N–H and O–H groups in total. The zero-order valence-corrected chi connectivity index (χ0v) is 12.3. The van der Waals surface area contributed by atoms with Crippen LogP contribution in [0.5, 0.6) is 11.6 Å². The van der Waals surface area contributed by atoms with Crippen molar-refractivity contribution in [2.75, 3.05) is 5.43 Å². The fraction of sp³-hybridized carbons (Fsp3) is 0.500. The van der Waals surface area contributed by atoms with Crippen molar-refractivity contribution in [2.45, 2.75) is 45.6 Å². The molecule has 112 valence electrons. The van der Waals surface area contributed by atoms with Gasteiger partial charge < -0.3 is 10.2 Å². The van der Waals surface area contributed by atoms with E-state index in [0.29, 0.717) is 23.4 Å². The van der Waals surface area contributed by atoms with Crippen LogP contribution in [0.1, 0.15) is 43.5 Å². The molecule has 0 radical (unpaired) electrons. The Kier molecular flexibility index (Phi) is 3.74. The van der Waals surface area contributed by atoms with E-state index in [1.54, 1.807) is 6.20 Å².